The molecule has 0 aliphatic heterocycles. The van der Waals surface area contributed by atoms with Crippen LogP contribution in [0.1, 0.15) is 42.3 Å². The van der Waals surface area contributed by atoms with Crippen LogP contribution in [0.4, 0.5) is 14.9 Å². The van der Waals surface area contributed by atoms with Gasteiger partial charge < -0.3 is 5.73 Å². The van der Waals surface area contributed by atoms with Gasteiger partial charge in [-0.1, -0.05) is 17.2 Å². The van der Waals surface area contributed by atoms with Gasteiger partial charge in [0.25, 0.3) is 5.91 Å². The Morgan fingerprint density at radius 2 is 1.46 bits per heavy atom. The second-order valence-corrected chi connectivity index (χ2v) is 7.29. The first-order chi connectivity index (χ1) is 12.0. The van der Waals surface area contributed by atoms with Gasteiger partial charge in [-0.15, -0.1) is 0 Å². The van der Waals surface area contributed by atoms with Crippen LogP contribution < -0.4 is 10.7 Å². The third-order valence-corrected chi connectivity index (χ3v) is 3.78. The number of hydrogen-bond acceptors (Lipinski definition) is 2. The lowest BCUT2D eigenvalue weighted by Gasteiger charge is -2.42. The number of hydrogen-bond donors (Lipinski definition) is 1. The molecule has 0 aliphatic carbocycles. The maximum atomic E-state index is 13.3. The molecule has 0 saturated carbocycles. The Morgan fingerprint density at radius 1 is 0.962 bits per heavy atom. The Morgan fingerprint density at radius 3 is 1.88 bits per heavy atom. The minimum atomic E-state index is -0.829. The first kappa shape index (κ1) is 19.4. The molecule has 2 N–H and O–H groups in total. The van der Waals surface area contributed by atoms with Crippen LogP contribution >= 0.6 is 0 Å². The number of carbonyl (C=O) groups is 2. The molecule has 26 heavy (non-hydrogen) atoms. The lowest BCUT2D eigenvalue weighted by atomic mass is 10.0. The molecule has 0 aromatic heterocycles. The van der Waals surface area contributed by atoms with Crippen molar-refractivity contribution in [3.05, 3.63) is 65.0 Å². The second-order valence-electron chi connectivity index (χ2n) is 7.29. The number of carbonyl (C=O) groups excluding carboxylic acids is 2. The zero-order chi connectivity index (χ0) is 19.6. The van der Waals surface area contributed by atoms with Crippen molar-refractivity contribution in [2.45, 2.75) is 40.2 Å². The Balaban J connectivity index is 2.59. The second kappa shape index (κ2) is 7.15. The third kappa shape index (κ3) is 4.20. The molecule has 0 unspecified atom stereocenters. The average Bonchev–Trinajstić information content (AvgIpc) is 2.50. The number of aryl methyl sites for hydroxylation is 2. The van der Waals surface area contributed by atoms with E-state index in [4.69, 9.17) is 5.73 Å². The average molecular weight is 357 g/mol. The summed E-state index contributed by atoms with van der Waals surface area (Å²) in [7, 11) is 0. The predicted octanol–water partition coefficient (Wildman–Crippen LogP) is 4.18. The molecular formula is C20H24FN3O2. The van der Waals surface area contributed by atoms with E-state index in [2.05, 4.69) is 0 Å². The van der Waals surface area contributed by atoms with E-state index < -0.39 is 17.4 Å². The first-order valence-electron chi connectivity index (χ1n) is 8.28. The number of hydrazine groups is 1. The van der Waals surface area contributed by atoms with E-state index in [-0.39, 0.29) is 5.91 Å². The molecule has 0 aliphatic rings. The van der Waals surface area contributed by atoms with Crippen molar-refractivity contribution >= 4 is 17.6 Å². The molecule has 138 valence electrons. The molecule has 2 aromatic carbocycles. The summed E-state index contributed by atoms with van der Waals surface area (Å²) in [6, 6.07) is 9.91. The summed E-state index contributed by atoms with van der Waals surface area (Å²) in [4.78, 5) is 25.5. The van der Waals surface area contributed by atoms with Crippen molar-refractivity contribution < 1.29 is 14.0 Å². The number of nitrogens with zero attached hydrogens (tertiary/aromatic N) is 2. The minimum absolute atomic E-state index is 0.312. The van der Waals surface area contributed by atoms with Crippen molar-refractivity contribution in [1.29, 1.82) is 0 Å². The molecule has 0 fully saturated rings. The summed E-state index contributed by atoms with van der Waals surface area (Å²) >= 11 is 0. The summed E-state index contributed by atoms with van der Waals surface area (Å²) < 4.78 is 13.3. The van der Waals surface area contributed by atoms with Gasteiger partial charge in [0.05, 0.1) is 11.2 Å². The van der Waals surface area contributed by atoms with E-state index in [1.165, 1.54) is 29.3 Å². The number of anilines is 1. The number of rotatable bonds is 2. The maximum absolute atomic E-state index is 13.3. The smallest absolute Gasteiger partial charge is 0.338 e. The van der Waals surface area contributed by atoms with E-state index in [0.717, 1.165) is 16.1 Å². The van der Waals surface area contributed by atoms with Crippen LogP contribution in [0.5, 0.6) is 0 Å². The molecule has 0 spiro atoms. The Labute approximate surface area is 153 Å². The fourth-order valence-corrected chi connectivity index (χ4v) is 2.84. The highest BCUT2D eigenvalue weighted by Gasteiger charge is 2.36. The minimum Gasteiger partial charge on any atom is -0.350 e. The topological polar surface area (TPSA) is 66.6 Å². The summed E-state index contributed by atoms with van der Waals surface area (Å²) in [5.74, 6) is -0.812. The molecular weight excluding hydrogens is 333 g/mol. The molecule has 6 heteroatoms. The van der Waals surface area contributed by atoms with E-state index in [1.54, 1.807) is 32.9 Å². The van der Waals surface area contributed by atoms with Crippen LogP contribution in [0.25, 0.3) is 0 Å². The Bertz CT molecular complexity index is 806. The van der Waals surface area contributed by atoms with Crippen molar-refractivity contribution in [1.82, 2.24) is 5.01 Å². The molecule has 0 atom stereocenters. The van der Waals surface area contributed by atoms with Crippen molar-refractivity contribution in [2.24, 2.45) is 5.73 Å². The predicted molar refractivity (Wildman–Crippen MR) is 100 cm³/mol. The fraction of sp³-hybridized carbons (Fsp3) is 0.300. The normalized spacial score (nSPS) is 11.2. The molecule has 0 bridgehead atoms. The summed E-state index contributed by atoms with van der Waals surface area (Å²) in [5.41, 5.74) is 7.47. The van der Waals surface area contributed by atoms with Crippen LogP contribution in [0.3, 0.4) is 0 Å². The number of benzene rings is 2. The quantitative estimate of drug-likeness (QED) is 0.819. The number of primary amides is 1. The van der Waals surface area contributed by atoms with Gasteiger partial charge in [0, 0.05) is 5.56 Å². The summed E-state index contributed by atoms with van der Waals surface area (Å²) in [6.45, 7) is 9.20. The number of nitrogens with two attached hydrogens (primary N) is 1. The number of urea groups is 1. The van der Waals surface area contributed by atoms with Gasteiger partial charge >= 0.3 is 6.03 Å². The van der Waals surface area contributed by atoms with Crippen molar-refractivity contribution in [3.63, 3.8) is 0 Å². The van der Waals surface area contributed by atoms with Gasteiger partial charge in [-0.2, -0.15) is 5.01 Å². The molecule has 0 heterocycles. The molecule has 2 rings (SSSR count). The molecule has 0 saturated heterocycles. The van der Waals surface area contributed by atoms with Crippen molar-refractivity contribution in [2.75, 3.05) is 5.01 Å². The highest BCUT2D eigenvalue weighted by atomic mass is 19.1. The highest BCUT2D eigenvalue weighted by molar-refractivity contribution is 6.01. The highest BCUT2D eigenvalue weighted by Crippen LogP contribution is 2.26. The van der Waals surface area contributed by atoms with E-state index in [0.29, 0.717) is 11.3 Å². The molecule has 3 amide bonds. The van der Waals surface area contributed by atoms with Crippen molar-refractivity contribution in [3.8, 4) is 0 Å². The van der Waals surface area contributed by atoms with Gasteiger partial charge in [0.1, 0.15) is 5.82 Å². The number of amides is 3. The Hall–Kier alpha value is -2.89. The summed E-state index contributed by atoms with van der Waals surface area (Å²) in [6.07, 6.45) is 0. The molecule has 2 aromatic rings. The van der Waals surface area contributed by atoms with E-state index >= 15 is 0 Å². The van der Waals surface area contributed by atoms with Gasteiger partial charge in [-0.05, 0) is 71.0 Å². The lowest BCUT2D eigenvalue weighted by molar-refractivity contribution is 0.0568. The van der Waals surface area contributed by atoms with Gasteiger partial charge in [0.15, 0.2) is 0 Å². The molecule has 0 radical (unpaired) electrons. The van der Waals surface area contributed by atoms with E-state index in [9.17, 15) is 14.0 Å². The van der Waals surface area contributed by atoms with Gasteiger partial charge in [-0.3, -0.25) is 4.79 Å². The van der Waals surface area contributed by atoms with E-state index in [1.807, 2.05) is 19.9 Å². The van der Waals surface area contributed by atoms with Crippen LogP contribution in [0.2, 0.25) is 0 Å². The molecule has 5 nitrogen and oxygen atoms in total. The van der Waals surface area contributed by atoms with Gasteiger partial charge in [-0.25, -0.2) is 14.2 Å². The van der Waals surface area contributed by atoms with Crippen LogP contribution in [0.15, 0.2) is 42.5 Å². The zero-order valence-corrected chi connectivity index (χ0v) is 15.7. The lowest BCUT2D eigenvalue weighted by Crippen LogP contribution is -2.60. The van der Waals surface area contributed by atoms with Crippen LogP contribution in [-0.2, 0) is 0 Å². The zero-order valence-electron chi connectivity index (χ0n) is 15.7. The van der Waals surface area contributed by atoms with Crippen LogP contribution in [-0.4, -0.2) is 22.5 Å². The largest absolute Gasteiger partial charge is 0.350 e. The maximum Gasteiger partial charge on any atom is 0.338 e. The summed E-state index contributed by atoms with van der Waals surface area (Å²) in [5, 5.41) is 2.39. The standard InChI is InChI=1S/C20H24FN3O2/c1-13-10-14(2)12-15(11-13)18(25)24(20(3,4)5)23(19(22)26)17-8-6-16(21)7-9-17/h6-12H,1-5H3,(H2,22,26). The SMILES string of the molecule is Cc1cc(C)cc(C(=O)N(N(C(N)=O)c2ccc(F)cc2)C(C)(C)C)c1. The van der Waals surface area contributed by atoms with Crippen LogP contribution in [0, 0.1) is 19.7 Å². The monoisotopic (exact) mass is 357 g/mol. The van der Waals surface area contributed by atoms with Gasteiger partial charge in [0.2, 0.25) is 0 Å². The first-order valence-corrected chi connectivity index (χ1v) is 8.28. The third-order valence-electron chi connectivity index (χ3n) is 3.78. The number of halogens is 1. The fourth-order valence-electron chi connectivity index (χ4n) is 2.84. The Kier molecular flexibility index (Phi) is 5.35.